The average molecular weight is 283 g/mol. The minimum Gasteiger partial charge on any atom is -0.397 e. The molecular formula is C15H20ClFN2. The van der Waals surface area contributed by atoms with E-state index in [1.54, 1.807) is 6.07 Å². The highest BCUT2D eigenvalue weighted by Gasteiger charge is 2.37. The molecule has 3 rings (SSSR count). The Hall–Kier alpha value is -0.960. The Labute approximate surface area is 118 Å². The van der Waals surface area contributed by atoms with E-state index in [4.69, 9.17) is 17.3 Å². The zero-order valence-corrected chi connectivity index (χ0v) is 11.8. The number of benzene rings is 1. The second kappa shape index (κ2) is 4.86. The van der Waals surface area contributed by atoms with Crippen molar-refractivity contribution in [2.24, 2.45) is 5.41 Å². The highest BCUT2D eigenvalue weighted by molar-refractivity contribution is 6.31. The van der Waals surface area contributed by atoms with E-state index in [2.05, 4.69) is 4.90 Å². The van der Waals surface area contributed by atoms with Crippen LogP contribution in [0, 0.1) is 11.2 Å². The van der Waals surface area contributed by atoms with Crippen LogP contribution in [0.15, 0.2) is 12.1 Å². The number of nitrogen functional groups attached to an aromatic ring is 1. The second-order valence-corrected chi connectivity index (χ2v) is 6.43. The molecule has 0 radical (unpaired) electrons. The summed E-state index contributed by atoms with van der Waals surface area (Å²) in [5, 5.41) is 0.158. The number of piperidine rings is 1. The molecule has 1 saturated heterocycles. The molecular weight excluding hydrogens is 263 g/mol. The summed E-state index contributed by atoms with van der Waals surface area (Å²) in [4.78, 5) is 2.25. The third-order valence-electron chi connectivity index (χ3n) is 4.90. The van der Waals surface area contributed by atoms with Crippen LogP contribution < -0.4 is 10.6 Å². The molecule has 0 unspecified atom stereocenters. The fourth-order valence-corrected chi connectivity index (χ4v) is 3.83. The van der Waals surface area contributed by atoms with E-state index in [1.807, 2.05) is 0 Å². The molecule has 0 aromatic heterocycles. The highest BCUT2D eigenvalue weighted by atomic mass is 35.5. The Morgan fingerprint density at radius 1 is 1.11 bits per heavy atom. The van der Waals surface area contributed by atoms with Gasteiger partial charge in [0.15, 0.2) is 0 Å². The molecule has 4 heteroatoms. The van der Waals surface area contributed by atoms with Crippen molar-refractivity contribution in [1.29, 1.82) is 0 Å². The highest BCUT2D eigenvalue weighted by Crippen LogP contribution is 2.47. The summed E-state index contributed by atoms with van der Waals surface area (Å²) in [5.41, 5.74) is 7.88. The minimum absolute atomic E-state index is 0.158. The van der Waals surface area contributed by atoms with Crippen LogP contribution in [0.3, 0.4) is 0 Å². The Bertz CT molecular complexity index is 473. The van der Waals surface area contributed by atoms with E-state index in [9.17, 15) is 4.39 Å². The van der Waals surface area contributed by atoms with Crippen molar-refractivity contribution in [1.82, 2.24) is 0 Å². The smallest absolute Gasteiger partial charge is 0.143 e. The van der Waals surface area contributed by atoms with Crippen LogP contribution in [-0.2, 0) is 0 Å². The van der Waals surface area contributed by atoms with Crippen molar-refractivity contribution < 1.29 is 4.39 Å². The third kappa shape index (κ3) is 2.40. The average Bonchev–Trinajstić information content (AvgIpc) is 2.84. The monoisotopic (exact) mass is 282 g/mol. The minimum atomic E-state index is -0.438. The van der Waals surface area contributed by atoms with Gasteiger partial charge < -0.3 is 10.6 Å². The summed E-state index contributed by atoms with van der Waals surface area (Å²) in [7, 11) is 0. The largest absolute Gasteiger partial charge is 0.397 e. The zero-order valence-electron chi connectivity index (χ0n) is 11.1. The van der Waals surface area contributed by atoms with Crippen molar-refractivity contribution in [3.05, 3.63) is 23.0 Å². The standard InChI is InChI=1S/C15H20ClFN2/c16-11-9-14(13(18)10-12(11)17)19-7-5-15(6-8-19)3-1-2-4-15/h9-10H,1-8,18H2. The van der Waals surface area contributed by atoms with Gasteiger partial charge in [0.1, 0.15) is 5.82 Å². The summed E-state index contributed by atoms with van der Waals surface area (Å²) in [5.74, 6) is -0.438. The van der Waals surface area contributed by atoms with Crippen molar-refractivity contribution in [3.63, 3.8) is 0 Å². The van der Waals surface area contributed by atoms with Crippen molar-refractivity contribution in [2.75, 3.05) is 23.7 Å². The van der Waals surface area contributed by atoms with Gasteiger partial charge in [-0.3, -0.25) is 0 Å². The van der Waals surface area contributed by atoms with Crippen LogP contribution in [0.5, 0.6) is 0 Å². The zero-order chi connectivity index (χ0) is 13.5. The number of halogens is 2. The van der Waals surface area contributed by atoms with Gasteiger partial charge in [-0.25, -0.2) is 4.39 Å². The number of anilines is 2. The number of hydrogen-bond acceptors (Lipinski definition) is 2. The molecule has 2 N–H and O–H groups in total. The topological polar surface area (TPSA) is 29.3 Å². The summed E-state index contributed by atoms with van der Waals surface area (Å²) >= 11 is 5.87. The number of nitrogens with two attached hydrogens (primary N) is 1. The Morgan fingerprint density at radius 3 is 2.37 bits per heavy atom. The van der Waals surface area contributed by atoms with E-state index in [-0.39, 0.29) is 5.02 Å². The molecule has 0 bridgehead atoms. The predicted octanol–water partition coefficient (Wildman–Crippen LogP) is 4.22. The lowest BCUT2D eigenvalue weighted by molar-refractivity contribution is 0.226. The van der Waals surface area contributed by atoms with Gasteiger partial charge in [0.2, 0.25) is 0 Å². The molecule has 19 heavy (non-hydrogen) atoms. The van der Waals surface area contributed by atoms with Crippen molar-refractivity contribution in [2.45, 2.75) is 38.5 Å². The van der Waals surface area contributed by atoms with E-state index >= 15 is 0 Å². The van der Waals surface area contributed by atoms with Gasteiger partial charge in [0.25, 0.3) is 0 Å². The second-order valence-electron chi connectivity index (χ2n) is 6.02. The Kier molecular flexibility index (Phi) is 3.34. The summed E-state index contributed by atoms with van der Waals surface area (Å²) in [6.07, 6.45) is 7.96. The number of hydrogen-bond donors (Lipinski definition) is 1. The van der Waals surface area contributed by atoms with Crippen LogP contribution in [0.4, 0.5) is 15.8 Å². The van der Waals surface area contributed by atoms with Gasteiger partial charge in [-0.05, 0) is 37.2 Å². The SMILES string of the molecule is Nc1cc(F)c(Cl)cc1N1CCC2(CCCC2)CC1. The predicted molar refractivity (Wildman–Crippen MR) is 78.2 cm³/mol. The first-order valence-corrected chi connectivity index (χ1v) is 7.47. The lowest BCUT2D eigenvalue weighted by Crippen LogP contribution is -2.39. The maximum atomic E-state index is 13.3. The third-order valence-corrected chi connectivity index (χ3v) is 5.19. The lowest BCUT2D eigenvalue weighted by Gasteiger charge is -2.40. The maximum absolute atomic E-state index is 13.3. The normalized spacial score (nSPS) is 22.1. The first-order valence-electron chi connectivity index (χ1n) is 7.09. The van der Waals surface area contributed by atoms with E-state index < -0.39 is 5.82 Å². The molecule has 2 fully saturated rings. The van der Waals surface area contributed by atoms with E-state index in [1.165, 1.54) is 44.6 Å². The molecule has 0 amide bonds. The summed E-state index contributed by atoms with van der Waals surface area (Å²) in [6, 6.07) is 3.00. The number of rotatable bonds is 1. The van der Waals surface area contributed by atoms with Crippen molar-refractivity contribution in [3.8, 4) is 0 Å². The van der Waals surface area contributed by atoms with Gasteiger partial charge in [0.05, 0.1) is 16.4 Å². The van der Waals surface area contributed by atoms with Crippen LogP contribution in [-0.4, -0.2) is 13.1 Å². The van der Waals surface area contributed by atoms with E-state index in [0.29, 0.717) is 11.1 Å². The number of nitrogens with zero attached hydrogens (tertiary/aromatic N) is 1. The van der Waals surface area contributed by atoms with Crippen molar-refractivity contribution >= 4 is 23.0 Å². The van der Waals surface area contributed by atoms with Crippen LogP contribution in [0.25, 0.3) is 0 Å². The summed E-state index contributed by atoms with van der Waals surface area (Å²) < 4.78 is 13.3. The van der Waals surface area contributed by atoms with Gasteiger partial charge in [-0.2, -0.15) is 0 Å². The fourth-order valence-electron chi connectivity index (χ4n) is 3.67. The fraction of sp³-hybridized carbons (Fsp3) is 0.600. The summed E-state index contributed by atoms with van der Waals surface area (Å²) in [6.45, 7) is 2.01. The molecule has 1 aromatic carbocycles. The molecule has 0 atom stereocenters. The Balaban J connectivity index is 1.76. The molecule has 2 nitrogen and oxygen atoms in total. The van der Waals surface area contributed by atoms with E-state index in [0.717, 1.165) is 18.8 Å². The van der Waals surface area contributed by atoms with Crippen LogP contribution in [0.1, 0.15) is 38.5 Å². The molecule has 1 heterocycles. The molecule has 1 spiro atoms. The van der Waals surface area contributed by atoms with Gasteiger partial charge in [-0.1, -0.05) is 24.4 Å². The molecule has 104 valence electrons. The van der Waals surface area contributed by atoms with Crippen LogP contribution in [0.2, 0.25) is 5.02 Å². The molecule has 1 aromatic rings. The first-order chi connectivity index (χ1) is 9.10. The Morgan fingerprint density at radius 2 is 1.74 bits per heavy atom. The molecule has 1 aliphatic heterocycles. The molecule has 2 aliphatic rings. The van der Waals surface area contributed by atoms with Gasteiger partial charge >= 0.3 is 0 Å². The van der Waals surface area contributed by atoms with Gasteiger partial charge in [-0.15, -0.1) is 0 Å². The lowest BCUT2D eigenvalue weighted by atomic mass is 9.77. The quantitative estimate of drug-likeness (QED) is 0.782. The maximum Gasteiger partial charge on any atom is 0.143 e. The first kappa shape index (κ1) is 13.0. The van der Waals surface area contributed by atoms with Crippen LogP contribution >= 0.6 is 11.6 Å². The van der Waals surface area contributed by atoms with Gasteiger partial charge in [0, 0.05) is 19.2 Å². The molecule has 1 saturated carbocycles. The molecule has 1 aliphatic carbocycles.